The maximum atomic E-state index is 12.3. The Balaban J connectivity index is 1.64. The van der Waals surface area contributed by atoms with Gasteiger partial charge in [-0.05, 0) is 24.5 Å². The molecular formula is C18H22N2O3. The zero-order chi connectivity index (χ0) is 16.1. The second-order valence-corrected chi connectivity index (χ2v) is 5.87. The van der Waals surface area contributed by atoms with Crippen molar-refractivity contribution < 1.29 is 9.84 Å². The molecule has 2 heterocycles. The molecule has 23 heavy (non-hydrogen) atoms. The molecule has 5 heteroatoms. The monoisotopic (exact) mass is 314 g/mol. The molecule has 1 aliphatic heterocycles. The summed E-state index contributed by atoms with van der Waals surface area (Å²) in [6.07, 6.45) is 4.15. The second-order valence-electron chi connectivity index (χ2n) is 5.87. The van der Waals surface area contributed by atoms with Crippen molar-refractivity contribution in [2.45, 2.75) is 32.0 Å². The summed E-state index contributed by atoms with van der Waals surface area (Å²) in [5, 5.41) is 13.4. The summed E-state index contributed by atoms with van der Waals surface area (Å²) in [6, 6.07) is 11.5. The van der Waals surface area contributed by atoms with Gasteiger partial charge >= 0.3 is 0 Å². The molecule has 2 aromatic rings. The van der Waals surface area contributed by atoms with E-state index in [0.717, 1.165) is 31.6 Å². The average Bonchev–Trinajstić information content (AvgIpc) is 3.08. The summed E-state index contributed by atoms with van der Waals surface area (Å²) >= 11 is 0. The van der Waals surface area contributed by atoms with Crippen molar-refractivity contribution in [3.05, 3.63) is 64.1 Å². The Labute approximate surface area is 135 Å². The Morgan fingerprint density at radius 2 is 2.09 bits per heavy atom. The second kappa shape index (κ2) is 7.44. The first-order valence-electron chi connectivity index (χ1n) is 8.01. The SMILES string of the molecule is O=c1c(O)c(CNCC2CCCO2)ccn1Cc1ccccc1. The third kappa shape index (κ3) is 4.00. The minimum absolute atomic E-state index is 0.178. The Morgan fingerprint density at radius 3 is 2.83 bits per heavy atom. The first-order valence-corrected chi connectivity index (χ1v) is 8.01. The van der Waals surface area contributed by atoms with Gasteiger partial charge in [0.1, 0.15) is 0 Å². The Hall–Kier alpha value is -2.11. The van der Waals surface area contributed by atoms with Crippen molar-refractivity contribution in [3.63, 3.8) is 0 Å². The number of hydrogen-bond acceptors (Lipinski definition) is 4. The molecule has 122 valence electrons. The standard InChI is InChI=1S/C18H22N2O3/c21-17-15(11-19-12-16-7-4-10-23-16)8-9-20(18(17)22)13-14-5-2-1-3-6-14/h1-3,5-6,8-9,16,19,21H,4,7,10-13H2. The first kappa shape index (κ1) is 15.8. The Morgan fingerprint density at radius 1 is 1.26 bits per heavy atom. The van der Waals surface area contributed by atoms with E-state index in [4.69, 9.17) is 4.74 Å². The van der Waals surface area contributed by atoms with Gasteiger partial charge in [-0.25, -0.2) is 0 Å². The van der Waals surface area contributed by atoms with Crippen molar-refractivity contribution in [2.24, 2.45) is 0 Å². The zero-order valence-corrected chi connectivity index (χ0v) is 13.1. The van der Waals surface area contributed by atoms with E-state index in [0.29, 0.717) is 18.7 Å². The van der Waals surface area contributed by atoms with Gasteiger partial charge < -0.3 is 19.7 Å². The highest BCUT2D eigenvalue weighted by Gasteiger charge is 2.15. The molecule has 0 saturated carbocycles. The van der Waals surface area contributed by atoms with E-state index in [1.54, 1.807) is 12.3 Å². The van der Waals surface area contributed by atoms with Crippen LogP contribution in [0.15, 0.2) is 47.4 Å². The van der Waals surface area contributed by atoms with Gasteiger partial charge in [0, 0.05) is 31.5 Å². The molecular weight excluding hydrogens is 292 g/mol. The number of aromatic hydroxyl groups is 1. The van der Waals surface area contributed by atoms with Crippen LogP contribution in [0.1, 0.15) is 24.0 Å². The van der Waals surface area contributed by atoms with E-state index >= 15 is 0 Å². The number of aromatic nitrogens is 1. The van der Waals surface area contributed by atoms with Gasteiger partial charge in [0.25, 0.3) is 5.56 Å². The summed E-state index contributed by atoms with van der Waals surface area (Å²) in [5.74, 6) is -0.178. The molecule has 1 unspecified atom stereocenters. The van der Waals surface area contributed by atoms with E-state index in [1.807, 2.05) is 30.3 Å². The van der Waals surface area contributed by atoms with Crippen LogP contribution in [-0.2, 0) is 17.8 Å². The van der Waals surface area contributed by atoms with Crippen LogP contribution in [0.4, 0.5) is 0 Å². The normalized spacial score (nSPS) is 17.5. The molecule has 0 bridgehead atoms. The van der Waals surface area contributed by atoms with Crippen molar-refractivity contribution in [2.75, 3.05) is 13.2 Å². The lowest BCUT2D eigenvalue weighted by Gasteiger charge is -2.12. The van der Waals surface area contributed by atoms with E-state index in [2.05, 4.69) is 5.32 Å². The molecule has 3 rings (SSSR count). The minimum atomic E-state index is -0.356. The van der Waals surface area contributed by atoms with Crippen molar-refractivity contribution in [1.82, 2.24) is 9.88 Å². The summed E-state index contributed by atoms with van der Waals surface area (Å²) in [6.45, 7) is 2.49. The first-order chi connectivity index (χ1) is 11.2. The predicted molar refractivity (Wildman–Crippen MR) is 88.6 cm³/mol. The van der Waals surface area contributed by atoms with Crippen LogP contribution in [0.5, 0.6) is 5.75 Å². The highest BCUT2D eigenvalue weighted by molar-refractivity contribution is 5.29. The lowest BCUT2D eigenvalue weighted by atomic mass is 10.2. The van der Waals surface area contributed by atoms with Gasteiger partial charge in [0.15, 0.2) is 5.75 Å². The summed E-state index contributed by atoms with van der Waals surface area (Å²) in [4.78, 5) is 12.3. The highest BCUT2D eigenvalue weighted by atomic mass is 16.5. The smallest absolute Gasteiger partial charge is 0.293 e. The predicted octanol–water partition coefficient (Wildman–Crippen LogP) is 1.87. The van der Waals surface area contributed by atoms with Crippen LogP contribution in [0.25, 0.3) is 0 Å². The highest BCUT2D eigenvalue weighted by Crippen LogP contribution is 2.13. The number of pyridine rings is 1. The average molecular weight is 314 g/mol. The number of nitrogens with zero attached hydrogens (tertiary/aromatic N) is 1. The lowest BCUT2D eigenvalue weighted by Crippen LogP contribution is -2.27. The topological polar surface area (TPSA) is 63.5 Å². The molecule has 1 fully saturated rings. The van der Waals surface area contributed by atoms with Crippen molar-refractivity contribution in [1.29, 1.82) is 0 Å². The van der Waals surface area contributed by atoms with Crippen molar-refractivity contribution >= 4 is 0 Å². The quantitative estimate of drug-likeness (QED) is 0.854. The maximum Gasteiger partial charge on any atom is 0.293 e. The fourth-order valence-corrected chi connectivity index (χ4v) is 2.82. The molecule has 1 aliphatic rings. The third-order valence-electron chi connectivity index (χ3n) is 4.13. The Bertz CT molecular complexity index is 691. The van der Waals surface area contributed by atoms with Crippen LogP contribution >= 0.6 is 0 Å². The fourth-order valence-electron chi connectivity index (χ4n) is 2.82. The molecule has 2 N–H and O–H groups in total. The number of nitrogens with one attached hydrogen (secondary N) is 1. The van der Waals surface area contributed by atoms with E-state index < -0.39 is 0 Å². The van der Waals surface area contributed by atoms with Gasteiger partial charge in [-0.15, -0.1) is 0 Å². The summed E-state index contributed by atoms with van der Waals surface area (Å²) < 4.78 is 7.06. The number of benzene rings is 1. The summed E-state index contributed by atoms with van der Waals surface area (Å²) in [7, 11) is 0. The molecule has 5 nitrogen and oxygen atoms in total. The van der Waals surface area contributed by atoms with E-state index in [9.17, 15) is 9.90 Å². The van der Waals surface area contributed by atoms with E-state index in [-0.39, 0.29) is 17.4 Å². The third-order valence-corrected chi connectivity index (χ3v) is 4.13. The number of rotatable bonds is 6. The van der Waals surface area contributed by atoms with Crippen LogP contribution in [0, 0.1) is 0 Å². The summed E-state index contributed by atoms with van der Waals surface area (Å²) in [5.41, 5.74) is 1.29. The van der Waals surface area contributed by atoms with Gasteiger partial charge in [0.05, 0.1) is 12.6 Å². The minimum Gasteiger partial charge on any atom is -0.503 e. The molecule has 0 amide bonds. The van der Waals surface area contributed by atoms with Gasteiger partial charge in [-0.1, -0.05) is 30.3 Å². The van der Waals surface area contributed by atoms with Crippen LogP contribution in [-0.4, -0.2) is 28.9 Å². The van der Waals surface area contributed by atoms with E-state index in [1.165, 1.54) is 4.57 Å². The van der Waals surface area contributed by atoms with Crippen LogP contribution < -0.4 is 10.9 Å². The number of hydrogen-bond donors (Lipinski definition) is 2. The molecule has 1 aromatic heterocycles. The molecule has 1 aromatic carbocycles. The zero-order valence-electron chi connectivity index (χ0n) is 13.1. The molecule has 0 radical (unpaired) electrons. The largest absolute Gasteiger partial charge is 0.503 e. The molecule has 1 atom stereocenters. The van der Waals surface area contributed by atoms with Gasteiger partial charge in [0.2, 0.25) is 0 Å². The van der Waals surface area contributed by atoms with Gasteiger partial charge in [-0.2, -0.15) is 0 Å². The molecule has 1 saturated heterocycles. The molecule has 0 aliphatic carbocycles. The van der Waals surface area contributed by atoms with Crippen LogP contribution in [0.3, 0.4) is 0 Å². The fraction of sp³-hybridized carbons (Fsp3) is 0.389. The lowest BCUT2D eigenvalue weighted by molar-refractivity contribution is 0.110. The molecule has 0 spiro atoms. The van der Waals surface area contributed by atoms with Crippen molar-refractivity contribution in [3.8, 4) is 5.75 Å². The maximum absolute atomic E-state index is 12.3. The Kier molecular flexibility index (Phi) is 5.10. The van der Waals surface area contributed by atoms with Crippen LogP contribution in [0.2, 0.25) is 0 Å². The number of ether oxygens (including phenoxy) is 1. The van der Waals surface area contributed by atoms with Gasteiger partial charge in [-0.3, -0.25) is 4.79 Å².